The van der Waals surface area contributed by atoms with E-state index in [1.54, 1.807) is 14.2 Å². The molecule has 114 valence electrons. The van der Waals surface area contributed by atoms with E-state index in [1.807, 2.05) is 25.2 Å². The van der Waals surface area contributed by atoms with Crippen LogP contribution in [0, 0.1) is 0 Å². The molecule has 2 N–H and O–H groups in total. The molecule has 0 fully saturated rings. The molecule has 1 aromatic rings. The molecule has 0 atom stereocenters. The maximum atomic E-state index is 5.62. The Balaban J connectivity index is 0.00000361. The van der Waals surface area contributed by atoms with Gasteiger partial charge in [-0.2, -0.15) is 0 Å². The minimum Gasteiger partial charge on any atom is -0.493 e. The quantitative estimate of drug-likeness (QED) is 0.443. The number of ether oxygens (including phenoxy) is 2. The molecule has 0 spiro atoms. The summed E-state index contributed by atoms with van der Waals surface area (Å²) in [6, 6.07) is 5.93. The van der Waals surface area contributed by atoms with E-state index in [0.29, 0.717) is 13.2 Å². The van der Waals surface area contributed by atoms with Crippen LogP contribution in [0.1, 0.15) is 18.9 Å². The summed E-state index contributed by atoms with van der Waals surface area (Å²) in [6.07, 6.45) is 0.977. The van der Waals surface area contributed by atoms with Crippen molar-refractivity contribution in [1.82, 2.24) is 10.6 Å². The van der Waals surface area contributed by atoms with Gasteiger partial charge in [0.2, 0.25) is 0 Å². The third kappa shape index (κ3) is 5.85. The average molecular weight is 393 g/mol. The summed E-state index contributed by atoms with van der Waals surface area (Å²) >= 11 is 0. The van der Waals surface area contributed by atoms with Crippen molar-refractivity contribution in [3.63, 3.8) is 0 Å². The number of methoxy groups -OCH3 is 1. The van der Waals surface area contributed by atoms with Crippen molar-refractivity contribution in [2.24, 2.45) is 4.99 Å². The van der Waals surface area contributed by atoms with E-state index in [9.17, 15) is 0 Å². The minimum absolute atomic E-state index is 0. The summed E-state index contributed by atoms with van der Waals surface area (Å²) in [7, 11) is 5.22. The van der Waals surface area contributed by atoms with Gasteiger partial charge in [0.25, 0.3) is 0 Å². The summed E-state index contributed by atoms with van der Waals surface area (Å²) in [5.74, 6) is 2.29. The lowest BCUT2D eigenvalue weighted by atomic mass is 10.2. The Morgan fingerprint density at radius 1 is 1.30 bits per heavy atom. The second kappa shape index (κ2) is 10.6. The number of nitrogens with one attached hydrogen (secondary N) is 2. The van der Waals surface area contributed by atoms with Gasteiger partial charge < -0.3 is 20.1 Å². The number of benzene rings is 1. The van der Waals surface area contributed by atoms with Gasteiger partial charge in [-0.3, -0.25) is 4.99 Å². The highest BCUT2D eigenvalue weighted by Gasteiger charge is 2.05. The van der Waals surface area contributed by atoms with E-state index in [1.165, 1.54) is 0 Å². The molecule has 0 amide bonds. The van der Waals surface area contributed by atoms with Crippen molar-refractivity contribution in [1.29, 1.82) is 0 Å². The maximum absolute atomic E-state index is 5.62. The third-order valence-electron chi connectivity index (χ3n) is 2.61. The maximum Gasteiger partial charge on any atom is 0.190 e. The number of halogens is 1. The molecule has 20 heavy (non-hydrogen) atoms. The smallest absolute Gasteiger partial charge is 0.190 e. The lowest BCUT2D eigenvalue weighted by molar-refractivity contribution is 0.294. The lowest BCUT2D eigenvalue weighted by Gasteiger charge is -2.13. The fourth-order valence-corrected chi connectivity index (χ4v) is 1.62. The van der Waals surface area contributed by atoms with E-state index >= 15 is 0 Å². The zero-order valence-corrected chi connectivity index (χ0v) is 14.9. The molecular weight excluding hydrogens is 369 g/mol. The summed E-state index contributed by atoms with van der Waals surface area (Å²) in [4.78, 5) is 4.06. The van der Waals surface area contributed by atoms with Gasteiger partial charge in [-0.05, 0) is 24.1 Å². The Morgan fingerprint density at radius 3 is 2.60 bits per heavy atom. The van der Waals surface area contributed by atoms with E-state index in [4.69, 9.17) is 9.47 Å². The fraction of sp³-hybridized carbons (Fsp3) is 0.500. The first-order chi connectivity index (χ1) is 9.24. The molecule has 0 heterocycles. The highest BCUT2D eigenvalue weighted by Crippen LogP contribution is 2.28. The van der Waals surface area contributed by atoms with Gasteiger partial charge in [0, 0.05) is 20.6 Å². The fourth-order valence-electron chi connectivity index (χ4n) is 1.62. The zero-order chi connectivity index (χ0) is 14.1. The van der Waals surface area contributed by atoms with E-state index < -0.39 is 0 Å². The molecule has 0 aliphatic carbocycles. The molecular formula is C14H24IN3O2. The van der Waals surface area contributed by atoms with Crippen LogP contribution in [0.2, 0.25) is 0 Å². The Bertz CT molecular complexity index is 425. The second-order valence-electron chi connectivity index (χ2n) is 4.01. The summed E-state index contributed by atoms with van der Waals surface area (Å²) in [5, 5.41) is 6.16. The molecule has 0 aliphatic heterocycles. The van der Waals surface area contributed by atoms with E-state index in [-0.39, 0.29) is 24.0 Å². The molecule has 0 unspecified atom stereocenters. The zero-order valence-electron chi connectivity index (χ0n) is 12.5. The van der Waals surface area contributed by atoms with Crippen LogP contribution in [0.5, 0.6) is 11.5 Å². The van der Waals surface area contributed by atoms with Crippen molar-refractivity contribution in [3.05, 3.63) is 23.8 Å². The van der Waals surface area contributed by atoms with Crippen molar-refractivity contribution in [2.75, 3.05) is 27.8 Å². The van der Waals surface area contributed by atoms with Gasteiger partial charge in [-0.1, -0.05) is 13.0 Å². The first-order valence-corrected chi connectivity index (χ1v) is 6.43. The van der Waals surface area contributed by atoms with Gasteiger partial charge in [-0.15, -0.1) is 24.0 Å². The van der Waals surface area contributed by atoms with Crippen LogP contribution in [0.4, 0.5) is 0 Å². The highest BCUT2D eigenvalue weighted by atomic mass is 127. The molecule has 0 saturated heterocycles. The topological polar surface area (TPSA) is 54.9 Å². The molecule has 0 aromatic heterocycles. The summed E-state index contributed by atoms with van der Waals surface area (Å²) in [5.41, 5.74) is 1.11. The van der Waals surface area contributed by atoms with Crippen molar-refractivity contribution < 1.29 is 9.47 Å². The number of hydrogen-bond acceptors (Lipinski definition) is 3. The number of aliphatic imine (C=N–C) groups is 1. The van der Waals surface area contributed by atoms with Gasteiger partial charge in [0.05, 0.1) is 13.7 Å². The SMILES string of the molecule is CCCOc1ccc(CNC(=NC)NC)cc1OC.I. The molecule has 5 nitrogen and oxygen atoms in total. The van der Waals surface area contributed by atoms with Crippen LogP contribution in [-0.4, -0.2) is 33.8 Å². The molecule has 0 bridgehead atoms. The molecule has 0 aliphatic rings. The van der Waals surface area contributed by atoms with E-state index in [2.05, 4.69) is 22.5 Å². The van der Waals surface area contributed by atoms with Crippen molar-refractivity contribution >= 4 is 29.9 Å². The summed E-state index contributed by atoms with van der Waals surface area (Å²) < 4.78 is 11.0. The third-order valence-corrected chi connectivity index (χ3v) is 2.61. The standard InChI is InChI=1S/C14H23N3O2.HI/c1-5-8-19-12-7-6-11(9-13(12)18-4)10-17-14(15-2)16-3;/h6-7,9H,5,8,10H2,1-4H3,(H2,15,16,17);1H. The van der Waals surface area contributed by atoms with Gasteiger partial charge in [-0.25, -0.2) is 0 Å². The lowest BCUT2D eigenvalue weighted by Crippen LogP contribution is -2.34. The van der Waals surface area contributed by atoms with Crippen LogP contribution in [0.15, 0.2) is 23.2 Å². The first-order valence-electron chi connectivity index (χ1n) is 6.43. The normalized spacial score (nSPS) is 10.5. The highest BCUT2D eigenvalue weighted by molar-refractivity contribution is 14.0. The molecule has 6 heteroatoms. The average Bonchev–Trinajstić information content (AvgIpc) is 2.46. The van der Waals surface area contributed by atoms with Crippen LogP contribution < -0.4 is 20.1 Å². The van der Waals surface area contributed by atoms with Gasteiger partial charge >= 0.3 is 0 Å². The van der Waals surface area contributed by atoms with E-state index in [0.717, 1.165) is 29.4 Å². The van der Waals surface area contributed by atoms with Crippen LogP contribution in [-0.2, 0) is 6.54 Å². The Kier molecular flexibility index (Phi) is 9.96. The molecule has 0 saturated carbocycles. The number of hydrogen-bond donors (Lipinski definition) is 2. The Labute approximate surface area is 138 Å². The number of guanidine groups is 1. The monoisotopic (exact) mass is 393 g/mol. The Hall–Kier alpha value is -1.18. The van der Waals surface area contributed by atoms with Crippen LogP contribution in [0.25, 0.3) is 0 Å². The largest absolute Gasteiger partial charge is 0.493 e. The number of rotatable bonds is 6. The van der Waals surface area contributed by atoms with Crippen molar-refractivity contribution in [3.8, 4) is 11.5 Å². The van der Waals surface area contributed by atoms with Gasteiger partial charge in [0.1, 0.15) is 0 Å². The van der Waals surface area contributed by atoms with Gasteiger partial charge in [0.15, 0.2) is 17.5 Å². The first kappa shape index (κ1) is 18.8. The predicted molar refractivity (Wildman–Crippen MR) is 93.5 cm³/mol. The molecule has 0 radical (unpaired) electrons. The molecule has 1 rings (SSSR count). The minimum atomic E-state index is 0. The second-order valence-corrected chi connectivity index (χ2v) is 4.01. The Morgan fingerprint density at radius 2 is 2.05 bits per heavy atom. The summed E-state index contributed by atoms with van der Waals surface area (Å²) in [6.45, 7) is 3.45. The van der Waals surface area contributed by atoms with Crippen LogP contribution in [0.3, 0.4) is 0 Å². The van der Waals surface area contributed by atoms with Crippen molar-refractivity contribution in [2.45, 2.75) is 19.9 Å². The molecule has 1 aromatic carbocycles. The number of nitrogens with zero attached hydrogens (tertiary/aromatic N) is 1. The van der Waals surface area contributed by atoms with Crippen LogP contribution >= 0.6 is 24.0 Å². The predicted octanol–water partition coefficient (Wildman–Crippen LogP) is 2.40.